The number of rotatable bonds is 3. The molecule has 3 nitrogen and oxygen atoms in total. The molecule has 0 unspecified atom stereocenters. The molecule has 0 bridgehead atoms. The largest absolute Gasteiger partial charge is 0.356 e. The van der Waals surface area contributed by atoms with Gasteiger partial charge in [0.05, 0.1) is 5.69 Å². The highest BCUT2D eigenvalue weighted by atomic mass is 15.0. The average Bonchev–Trinajstić information content (AvgIpc) is 2.99. The lowest BCUT2D eigenvalue weighted by molar-refractivity contribution is 1.19. The van der Waals surface area contributed by atoms with Gasteiger partial charge < -0.3 is 9.72 Å². The Morgan fingerprint density at radius 2 is 1.70 bits per heavy atom. The smallest absolute Gasteiger partial charge is 0.137 e. The van der Waals surface area contributed by atoms with Gasteiger partial charge in [0.2, 0.25) is 0 Å². The summed E-state index contributed by atoms with van der Waals surface area (Å²) in [5, 5.41) is 3.45. The third-order valence-electron chi connectivity index (χ3n) is 3.83. The number of nitrogens with zero attached hydrogens (tertiary/aromatic N) is 2. The Bertz CT molecular complexity index is 936. The summed E-state index contributed by atoms with van der Waals surface area (Å²) < 4.78 is 2.04. The molecule has 0 spiro atoms. The predicted octanol–water partition coefficient (Wildman–Crippen LogP) is 5.05. The Balaban J connectivity index is 1.68. The fourth-order valence-electron chi connectivity index (χ4n) is 2.72. The van der Waals surface area contributed by atoms with Crippen LogP contribution in [0.1, 0.15) is 5.56 Å². The first-order valence-electron chi connectivity index (χ1n) is 7.66. The van der Waals surface area contributed by atoms with Crippen LogP contribution in [0.5, 0.6) is 0 Å². The summed E-state index contributed by atoms with van der Waals surface area (Å²) in [5.41, 5.74) is 6.43. The van der Waals surface area contributed by atoms with Gasteiger partial charge in [-0.2, -0.15) is 0 Å². The van der Waals surface area contributed by atoms with Crippen molar-refractivity contribution in [3.05, 3.63) is 84.7 Å². The molecule has 1 N–H and O–H groups in total. The van der Waals surface area contributed by atoms with E-state index < -0.39 is 0 Å². The highest BCUT2D eigenvalue weighted by Gasteiger charge is 2.05. The van der Waals surface area contributed by atoms with Crippen molar-refractivity contribution in [3.8, 4) is 11.3 Å². The van der Waals surface area contributed by atoms with E-state index in [1.165, 1.54) is 5.56 Å². The van der Waals surface area contributed by atoms with E-state index in [1.807, 2.05) is 28.8 Å². The number of hydrogen-bond donors (Lipinski definition) is 1. The van der Waals surface area contributed by atoms with E-state index in [2.05, 4.69) is 72.0 Å². The number of imidazole rings is 1. The van der Waals surface area contributed by atoms with Crippen LogP contribution in [0.2, 0.25) is 0 Å². The minimum absolute atomic E-state index is 0.958. The highest BCUT2D eigenvalue weighted by molar-refractivity contribution is 5.70. The number of aryl methyl sites for hydroxylation is 1. The molecule has 0 saturated heterocycles. The van der Waals surface area contributed by atoms with E-state index >= 15 is 0 Å². The van der Waals surface area contributed by atoms with Gasteiger partial charge >= 0.3 is 0 Å². The fraction of sp³-hybridized carbons (Fsp3) is 0.0500. The first-order valence-corrected chi connectivity index (χ1v) is 7.66. The number of benzene rings is 2. The molecule has 0 saturated carbocycles. The molecule has 23 heavy (non-hydrogen) atoms. The zero-order chi connectivity index (χ0) is 15.6. The average molecular weight is 299 g/mol. The van der Waals surface area contributed by atoms with Crippen LogP contribution in [-0.4, -0.2) is 9.38 Å². The van der Waals surface area contributed by atoms with Crippen molar-refractivity contribution < 1.29 is 0 Å². The van der Waals surface area contributed by atoms with Crippen molar-refractivity contribution in [2.45, 2.75) is 6.92 Å². The zero-order valence-corrected chi connectivity index (χ0v) is 12.9. The van der Waals surface area contributed by atoms with Gasteiger partial charge in [-0.05, 0) is 48.9 Å². The van der Waals surface area contributed by atoms with Crippen molar-refractivity contribution in [2.75, 3.05) is 5.32 Å². The van der Waals surface area contributed by atoms with E-state index in [9.17, 15) is 0 Å². The minimum atomic E-state index is 0.958. The summed E-state index contributed by atoms with van der Waals surface area (Å²) in [6.07, 6.45) is 4.07. The second-order valence-electron chi connectivity index (χ2n) is 5.67. The van der Waals surface area contributed by atoms with Gasteiger partial charge in [0.25, 0.3) is 0 Å². The Kier molecular flexibility index (Phi) is 3.31. The summed E-state index contributed by atoms with van der Waals surface area (Å²) in [4.78, 5) is 4.68. The maximum atomic E-state index is 4.68. The van der Waals surface area contributed by atoms with Crippen molar-refractivity contribution >= 4 is 17.0 Å². The van der Waals surface area contributed by atoms with Crippen molar-refractivity contribution in [3.63, 3.8) is 0 Å². The Hall–Kier alpha value is -3.07. The second-order valence-corrected chi connectivity index (χ2v) is 5.67. The van der Waals surface area contributed by atoms with Crippen molar-refractivity contribution in [2.24, 2.45) is 0 Å². The molecule has 0 aliphatic carbocycles. The number of pyridine rings is 1. The van der Waals surface area contributed by atoms with E-state index in [4.69, 9.17) is 0 Å². The molecule has 0 aliphatic heterocycles. The van der Waals surface area contributed by atoms with Gasteiger partial charge in [-0.1, -0.05) is 30.3 Å². The van der Waals surface area contributed by atoms with Crippen LogP contribution in [-0.2, 0) is 0 Å². The maximum Gasteiger partial charge on any atom is 0.137 e. The van der Waals surface area contributed by atoms with Crippen LogP contribution >= 0.6 is 0 Å². The maximum absolute atomic E-state index is 4.68. The summed E-state index contributed by atoms with van der Waals surface area (Å²) in [6.45, 7) is 2.10. The van der Waals surface area contributed by atoms with Crippen LogP contribution in [0.4, 0.5) is 11.4 Å². The van der Waals surface area contributed by atoms with Gasteiger partial charge in [-0.25, -0.2) is 4.98 Å². The van der Waals surface area contributed by atoms with Crippen LogP contribution in [0.25, 0.3) is 16.9 Å². The molecular weight excluding hydrogens is 282 g/mol. The molecule has 0 amide bonds. The Morgan fingerprint density at radius 1 is 0.870 bits per heavy atom. The molecule has 0 fully saturated rings. The molecule has 112 valence electrons. The first-order chi connectivity index (χ1) is 11.3. The summed E-state index contributed by atoms with van der Waals surface area (Å²) in [7, 11) is 0. The number of hydrogen-bond acceptors (Lipinski definition) is 2. The second kappa shape index (κ2) is 5.61. The van der Waals surface area contributed by atoms with Gasteiger partial charge in [0, 0.05) is 29.3 Å². The summed E-state index contributed by atoms with van der Waals surface area (Å²) in [5.74, 6) is 0. The van der Waals surface area contributed by atoms with Crippen molar-refractivity contribution in [1.82, 2.24) is 9.38 Å². The Labute approximate surface area is 135 Å². The molecule has 3 heteroatoms. The normalized spacial score (nSPS) is 10.8. The lowest BCUT2D eigenvalue weighted by atomic mass is 10.1. The van der Waals surface area contributed by atoms with E-state index in [0.29, 0.717) is 0 Å². The van der Waals surface area contributed by atoms with Gasteiger partial charge in [0.1, 0.15) is 5.65 Å². The minimum Gasteiger partial charge on any atom is -0.356 e. The molecule has 2 aromatic carbocycles. The zero-order valence-electron chi connectivity index (χ0n) is 12.9. The van der Waals surface area contributed by atoms with E-state index in [0.717, 1.165) is 28.3 Å². The summed E-state index contributed by atoms with van der Waals surface area (Å²) in [6, 6.07) is 22.7. The molecule has 0 aliphatic rings. The lowest BCUT2D eigenvalue weighted by Crippen LogP contribution is -1.91. The molecule has 2 aromatic heterocycles. The van der Waals surface area contributed by atoms with E-state index in [-0.39, 0.29) is 0 Å². The van der Waals surface area contributed by atoms with Crippen LogP contribution in [0.3, 0.4) is 0 Å². The standard InChI is InChI=1S/C20H17N3/c1-15-6-4-8-17(12-15)21-18-9-5-7-16(13-18)19-14-23-11-3-2-10-20(23)22-19/h2-14,21H,1H3. The number of fused-ring (bicyclic) bond motifs is 1. The summed E-state index contributed by atoms with van der Waals surface area (Å²) >= 11 is 0. The molecule has 0 atom stereocenters. The van der Waals surface area contributed by atoms with Gasteiger partial charge in [-0.3, -0.25) is 0 Å². The number of nitrogens with one attached hydrogen (secondary N) is 1. The number of anilines is 2. The monoisotopic (exact) mass is 299 g/mol. The Morgan fingerprint density at radius 3 is 2.52 bits per heavy atom. The van der Waals surface area contributed by atoms with Crippen molar-refractivity contribution in [1.29, 1.82) is 0 Å². The predicted molar refractivity (Wildman–Crippen MR) is 95.1 cm³/mol. The van der Waals surface area contributed by atoms with Gasteiger partial charge in [-0.15, -0.1) is 0 Å². The van der Waals surface area contributed by atoms with Crippen LogP contribution in [0.15, 0.2) is 79.1 Å². The van der Waals surface area contributed by atoms with Crippen LogP contribution in [0, 0.1) is 6.92 Å². The van der Waals surface area contributed by atoms with Crippen LogP contribution < -0.4 is 5.32 Å². The third kappa shape index (κ3) is 2.81. The molecular formula is C20H17N3. The third-order valence-corrected chi connectivity index (χ3v) is 3.83. The SMILES string of the molecule is Cc1cccc(Nc2cccc(-c3cn4ccccc4n3)c2)c1. The first kappa shape index (κ1) is 13.6. The topological polar surface area (TPSA) is 29.3 Å². The highest BCUT2D eigenvalue weighted by Crippen LogP contribution is 2.24. The van der Waals surface area contributed by atoms with E-state index in [1.54, 1.807) is 0 Å². The molecule has 4 rings (SSSR count). The lowest BCUT2D eigenvalue weighted by Gasteiger charge is -2.08. The number of aromatic nitrogens is 2. The molecule has 2 heterocycles. The fourth-order valence-corrected chi connectivity index (χ4v) is 2.72. The molecule has 0 radical (unpaired) electrons. The quantitative estimate of drug-likeness (QED) is 0.573. The van der Waals surface area contributed by atoms with Gasteiger partial charge in [0.15, 0.2) is 0 Å². The molecule has 4 aromatic rings.